The Morgan fingerprint density at radius 2 is 2.00 bits per heavy atom. The maximum absolute atomic E-state index is 6.40. The second-order valence-electron chi connectivity index (χ2n) is 4.71. The van der Waals surface area contributed by atoms with Crippen molar-refractivity contribution in [2.45, 2.75) is 19.9 Å². The highest BCUT2D eigenvalue weighted by Gasteiger charge is 2.18. The fourth-order valence-electron chi connectivity index (χ4n) is 2.48. The zero-order valence-corrected chi connectivity index (χ0v) is 11.0. The molecule has 0 aromatic carbocycles. The molecule has 0 fully saturated rings. The normalized spacial score (nSPS) is 12.8. The van der Waals surface area contributed by atoms with Crippen LogP contribution in [0.5, 0.6) is 0 Å². The minimum Gasteiger partial charge on any atom is -0.319 e. The Hall–Kier alpha value is -2.20. The predicted octanol–water partition coefficient (Wildman–Crippen LogP) is 2.39. The molecule has 3 heterocycles. The summed E-state index contributed by atoms with van der Waals surface area (Å²) >= 11 is 0. The van der Waals surface area contributed by atoms with E-state index in [9.17, 15) is 0 Å². The van der Waals surface area contributed by atoms with E-state index in [1.165, 1.54) is 0 Å². The summed E-state index contributed by atoms with van der Waals surface area (Å²) in [6.07, 6.45) is 3.56. The average Bonchev–Trinajstić information content (AvgIpc) is 2.76. The highest BCUT2D eigenvalue weighted by molar-refractivity contribution is 5.47. The van der Waals surface area contributed by atoms with Crippen molar-refractivity contribution < 1.29 is 0 Å². The smallest absolute Gasteiger partial charge is 0.137 e. The van der Waals surface area contributed by atoms with E-state index in [2.05, 4.69) is 27.4 Å². The van der Waals surface area contributed by atoms with E-state index in [0.717, 1.165) is 28.3 Å². The summed E-state index contributed by atoms with van der Waals surface area (Å²) < 4.78 is 2.12. The third-order valence-electron chi connectivity index (χ3n) is 3.40. The number of rotatable bonds is 2. The number of aromatic nitrogens is 3. The average molecular weight is 252 g/mol. The Balaban J connectivity index is 2.23. The van der Waals surface area contributed by atoms with Gasteiger partial charge in [0.1, 0.15) is 5.65 Å². The van der Waals surface area contributed by atoms with Crippen LogP contribution in [0.1, 0.15) is 28.7 Å². The van der Waals surface area contributed by atoms with Crippen LogP contribution in [0, 0.1) is 13.8 Å². The summed E-state index contributed by atoms with van der Waals surface area (Å²) in [5.41, 5.74) is 11.5. The number of fused-ring (bicyclic) bond motifs is 1. The van der Waals surface area contributed by atoms with Gasteiger partial charge in [-0.1, -0.05) is 12.1 Å². The van der Waals surface area contributed by atoms with E-state index in [1.54, 1.807) is 6.20 Å². The monoisotopic (exact) mass is 252 g/mol. The van der Waals surface area contributed by atoms with Crippen LogP contribution >= 0.6 is 0 Å². The number of hydrogen-bond acceptors (Lipinski definition) is 3. The lowest BCUT2D eigenvalue weighted by Gasteiger charge is -2.14. The van der Waals surface area contributed by atoms with Crippen LogP contribution in [-0.4, -0.2) is 14.4 Å². The van der Waals surface area contributed by atoms with Gasteiger partial charge in [-0.2, -0.15) is 0 Å². The van der Waals surface area contributed by atoms with Gasteiger partial charge >= 0.3 is 0 Å². The fourth-order valence-corrected chi connectivity index (χ4v) is 2.48. The maximum Gasteiger partial charge on any atom is 0.137 e. The van der Waals surface area contributed by atoms with Gasteiger partial charge in [-0.05, 0) is 37.6 Å². The quantitative estimate of drug-likeness (QED) is 0.762. The first-order valence-corrected chi connectivity index (χ1v) is 6.28. The molecule has 4 nitrogen and oxygen atoms in total. The molecule has 4 heteroatoms. The zero-order chi connectivity index (χ0) is 13.4. The predicted molar refractivity (Wildman–Crippen MR) is 74.9 cm³/mol. The molecule has 0 aliphatic heterocycles. The highest BCUT2D eigenvalue weighted by atomic mass is 15.0. The maximum atomic E-state index is 6.40. The van der Waals surface area contributed by atoms with Crippen LogP contribution in [0.4, 0.5) is 0 Å². The summed E-state index contributed by atoms with van der Waals surface area (Å²) in [5.74, 6) is 0. The van der Waals surface area contributed by atoms with Gasteiger partial charge in [0.2, 0.25) is 0 Å². The minimum absolute atomic E-state index is 0.218. The summed E-state index contributed by atoms with van der Waals surface area (Å²) in [6, 6.07) is 9.75. The van der Waals surface area contributed by atoms with Gasteiger partial charge in [0.05, 0.1) is 17.4 Å². The Bertz CT molecular complexity index is 716. The van der Waals surface area contributed by atoms with Crippen LogP contribution in [-0.2, 0) is 0 Å². The molecule has 0 aliphatic rings. The van der Waals surface area contributed by atoms with E-state index < -0.39 is 0 Å². The Kier molecular flexibility index (Phi) is 2.80. The molecule has 1 unspecified atom stereocenters. The molecular formula is C15H16N4. The van der Waals surface area contributed by atoms with Gasteiger partial charge in [-0.3, -0.25) is 9.38 Å². The summed E-state index contributed by atoms with van der Waals surface area (Å²) in [5, 5.41) is 0. The third-order valence-corrected chi connectivity index (χ3v) is 3.40. The van der Waals surface area contributed by atoms with Crippen molar-refractivity contribution in [3.8, 4) is 0 Å². The van der Waals surface area contributed by atoms with E-state index in [-0.39, 0.29) is 6.04 Å². The van der Waals surface area contributed by atoms with Crippen LogP contribution in [0.3, 0.4) is 0 Å². The number of nitrogens with zero attached hydrogens (tertiary/aromatic N) is 3. The minimum atomic E-state index is -0.218. The molecule has 0 amide bonds. The van der Waals surface area contributed by atoms with Crippen molar-refractivity contribution in [2.24, 2.45) is 5.73 Å². The molecule has 0 saturated heterocycles. The molecule has 0 spiro atoms. The van der Waals surface area contributed by atoms with E-state index in [0.29, 0.717) is 0 Å². The van der Waals surface area contributed by atoms with Crippen LogP contribution in [0.15, 0.2) is 42.7 Å². The lowest BCUT2D eigenvalue weighted by atomic mass is 10.1. The van der Waals surface area contributed by atoms with Crippen molar-refractivity contribution >= 4 is 5.65 Å². The second-order valence-corrected chi connectivity index (χ2v) is 4.71. The standard InChI is InChI=1S/C15H16N4/c1-10-5-3-7-13-18-11(2)15(19(10)13)14(16)12-6-4-8-17-9-12/h3-9,14H,16H2,1-2H3. The zero-order valence-electron chi connectivity index (χ0n) is 11.0. The van der Waals surface area contributed by atoms with Crippen molar-refractivity contribution in [2.75, 3.05) is 0 Å². The Morgan fingerprint density at radius 1 is 1.16 bits per heavy atom. The lowest BCUT2D eigenvalue weighted by molar-refractivity contribution is 0.791. The van der Waals surface area contributed by atoms with Crippen molar-refractivity contribution in [3.05, 3.63) is 65.4 Å². The van der Waals surface area contributed by atoms with Crippen molar-refractivity contribution in [1.29, 1.82) is 0 Å². The summed E-state index contributed by atoms with van der Waals surface area (Å²) in [4.78, 5) is 8.72. The number of imidazole rings is 1. The summed E-state index contributed by atoms with van der Waals surface area (Å²) in [7, 11) is 0. The number of pyridine rings is 2. The molecule has 19 heavy (non-hydrogen) atoms. The molecule has 0 aliphatic carbocycles. The molecule has 2 N–H and O–H groups in total. The van der Waals surface area contributed by atoms with Crippen LogP contribution in [0.2, 0.25) is 0 Å². The fraction of sp³-hybridized carbons (Fsp3) is 0.200. The molecule has 3 aromatic heterocycles. The summed E-state index contributed by atoms with van der Waals surface area (Å²) in [6.45, 7) is 4.06. The number of nitrogens with two attached hydrogens (primary N) is 1. The third kappa shape index (κ3) is 1.90. The van der Waals surface area contributed by atoms with E-state index >= 15 is 0 Å². The second kappa shape index (κ2) is 4.48. The Morgan fingerprint density at radius 3 is 2.74 bits per heavy atom. The van der Waals surface area contributed by atoms with Gasteiger partial charge in [0.15, 0.2) is 0 Å². The number of aryl methyl sites for hydroxylation is 2. The number of hydrogen-bond donors (Lipinski definition) is 1. The van der Waals surface area contributed by atoms with E-state index in [4.69, 9.17) is 5.73 Å². The van der Waals surface area contributed by atoms with Gasteiger partial charge in [0.25, 0.3) is 0 Å². The van der Waals surface area contributed by atoms with Gasteiger partial charge in [0, 0.05) is 18.1 Å². The molecule has 3 aromatic rings. The molecule has 3 rings (SSSR count). The van der Waals surface area contributed by atoms with Crippen molar-refractivity contribution in [3.63, 3.8) is 0 Å². The first-order valence-electron chi connectivity index (χ1n) is 6.28. The van der Waals surface area contributed by atoms with Crippen molar-refractivity contribution in [1.82, 2.24) is 14.4 Å². The van der Waals surface area contributed by atoms with Gasteiger partial charge in [-0.15, -0.1) is 0 Å². The molecule has 0 radical (unpaired) electrons. The molecule has 1 atom stereocenters. The van der Waals surface area contributed by atoms with Gasteiger partial charge in [-0.25, -0.2) is 4.98 Å². The molecule has 0 bridgehead atoms. The molecule has 96 valence electrons. The molecular weight excluding hydrogens is 236 g/mol. The van der Waals surface area contributed by atoms with E-state index in [1.807, 2.05) is 37.4 Å². The van der Waals surface area contributed by atoms with Crippen LogP contribution in [0.25, 0.3) is 5.65 Å². The van der Waals surface area contributed by atoms with Crippen LogP contribution < -0.4 is 5.73 Å². The first kappa shape index (κ1) is 11.9. The Labute approximate surface area is 111 Å². The topological polar surface area (TPSA) is 56.2 Å². The highest BCUT2D eigenvalue weighted by Crippen LogP contribution is 2.24. The largest absolute Gasteiger partial charge is 0.319 e. The lowest BCUT2D eigenvalue weighted by Crippen LogP contribution is -2.16. The molecule has 0 saturated carbocycles. The SMILES string of the molecule is Cc1nc2cccc(C)n2c1C(N)c1cccnc1. The first-order chi connectivity index (χ1) is 9.18. The van der Waals surface area contributed by atoms with Gasteiger partial charge < -0.3 is 5.73 Å².